The second-order valence-corrected chi connectivity index (χ2v) is 9.22. The van der Waals surface area contributed by atoms with E-state index in [0.717, 1.165) is 0 Å². The van der Waals surface area contributed by atoms with E-state index in [-0.39, 0.29) is 22.5 Å². The monoisotopic (exact) mass is 479 g/mol. The van der Waals surface area contributed by atoms with Crippen LogP contribution in [0.1, 0.15) is 13.3 Å². The molecule has 5 unspecified atom stereocenters. The Kier molecular flexibility index (Phi) is 6.23. The SMILES string of the molecule is C=C(C)C(=O)OCC(O)COC(=O)C(F)(F)S(=O)(=O)ON1C(=O)C2C3C=CC(C3)C2C1=O. The van der Waals surface area contributed by atoms with Gasteiger partial charge in [0, 0.05) is 5.57 Å². The molecular weight excluding hydrogens is 460 g/mol. The molecule has 11 nitrogen and oxygen atoms in total. The Bertz CT molecular complexity index is 977. The van der Waals surface area contributed by atoms with Crippen molar-refractivity contribution in [3.63, 3.8) is 0 Å². The fourth-order valence-electron chi connectivity index (χ4n) is 3.79. The Morgan fingerprint density at radius 2 is 1.69 bits per heavy atom. The molecule has 2 amide bonds. The van der Waals surface area contributed by atoms with Crippen LogP contribution in [-0.4, -0.2) is 66.9 Å². The van der Waals surface area contributed by atoms with Crippen molar-refractivity contribution < 1.29 is 55.2 Å². The lowest BCUT2D eigenvalue weighted by atomic mass is 9.85. The number of hydrogen-bond acceptors (Lipinski definition) is 10. The molecule has 5 atom stereocenters. The number of allylic oxidation sites excluding steroid dienone is 2. The van der Waals surface area contributed by atoms with Crippen molar-refractivity contribution in [2.45, 2.75) is 24.7 Å². The molecule has 0 aromatic rings. The summed E-state index contributed by atoms with van der Waals surface area (Å²) in [6, 6.07) is 0. The van der Waals surface area contributed by atoms with E-state index < -0.39 is 70.3 Å². The van der Waals surface area contributed by atoms with Crippen LogP contribution in [0.2, 0.25) is 0 Å². The van der Waals surface area contributed by atoms with Gasteiger partial charge in [-0.2, -0.15) is 17.2 Å². The Morgan fingerprint density at radius 3 is 2.19 bits per heavy atom. The average Bonchev–Trinajstić information content (AvgIpc) is 3.39. The third-order valence-corrected chi connectivity index (χ3v) is 6.46. The van der Waals surface area contributed by atoms with Gasteiger partial charge < -0.3 is 14.6 Å². The van der Waals surface area contributed by atoms with E-state index in [1.165, 1.54) is 6.92 Å². The highest BCUT2D eigenvalue weighted by Crippen LogP contribution is 2.52. The molecular formula is C18H19F2NO10S. The standard InChI is InChI=1S/C18H19F2NO10S/c1-8(2)16(25)29-6-11(22)7-30-17(26)18(19,20)32(27,28)31-21-14(23)12-9-3-4-10(5-9)13(12)15(21)24/h3-4,9-13,22H,1,5-7H2,2H3. The second kappa shape index (κ2) is 8.33. The predicted molar refractivity (Wildman–Crippen MR) is 97.3 cm³/mol. The first-order chi connectivity index (χ1) is 14.8. The number of esters is 2. The Morgan fingerprint density at radius 1 is 1.19 bits per heavy atom. The summed E-state index contributed by atoms with van der Waals surface area (Å²) in [5.41, 5.74) is -0.0112. The lowest BCUT2D eigenvalue weighted by molar-refractivity contribution is -0.174. The van der Waals surface area contributed by atoms with Gasteiger partial charge in [0.05, 0.1) is 11.8 Å². The largest absolute Gasteiger partial charge is 0.467 e. The molecule has 1 heterocycles. The lowest BCUT2D eigenvalue weighted by Crippen LogP contribution is -2.46. The number of aliphatic hydroxyl groups is 1. The summed E-state index contributed by atoms with van der Waals surface area (Å²) in [5.74, 6) is -8.17. The molecule has 0 radical (unpaired) electrons. The summed E-state index contributed by atoms with van der Waals surface area (Å²) in [6.07, 6.45) is 2.16. The third kappa shape index (κ3) is 4.04. The number of nitrogens with zero attached hydrogens (tertiary/aromatic N) is 1. The van der Waals surface area contributed by atoms with Gasteiger partial charge in [-0.25, -0.2) is 9.59 Å². The quantitative estimate of drug-likeness (QED) is 0.201. The minimum atomic E-state index is -6.16. The molecule has 0 aromatic heterocycles. The highest BCUT2D eigenvalue weighted by molar-refractivity contribution is 7.88. The molecule has 1 saturated heterocycles. The van der Waals surface area contributed by atoms with Crippen LogP contribution < -0.4 is 0 Å². The van der Waals surface area contributed by atoms with Gasteiger partial charge in [0.1, 0.15) is 19.3 Å². The molecule has 14 heteroatoms. The average molecular weight is 479 g/mol. The number of imide groups is 1. The van der Waals surface area contributed by atoms with E-state index in [1.807, 2.05) is 0 Å². The highest BCUT2D eigenvalue weighted by atomic mass is 32.2. The Labute approximate surface area is 180 Å². The minimum absolute atomic E-state index is 0.0112. The zero-order chi connectivity index (χ0) is 24.0. The topological polar surface area (TPSA) is 154 Å². The van der Waals surface area contributed by atoms with Crippen LogP contribution in [-0.2, 0) is 43.1 Å². The molecule has 2 aliphatic carbocycles. The fourth-order valence-corrected chi connectivity index (χ4v) is 4.49. The maximum absolute atomic E-state index is 14.2. The van der Waals surface area contributed by atoms with Gasteiger partial charge in [-0.15, -0.1) is 9.35 Å². The number of aliphatic hydroxyl groups excluding tert-OH is 1. The summed E-state index contributed by atoms with van der Waals surface area (Å²) in [5, 5.41) is 3.98. The second-order valence-electron chi connectivity index (χ2n) is 7.65. The Hall–Kier alpha value is -2.71. The maximum Gasteiger partial charge on any atom is 0.467 e. The lowest BCUT2D eigenvalue weighted by Gasteiger charge is -2.20. The first-order valence-electron chi connectivity index (χ1n) is 9.34. The van der Waals surface area contributed by atoms with Gasteiger partial charge in [0.25, 0.3) is 11.8 Å². The van der Waals surface area contributed by atoms with Crippen LogP contribution in [0.25, 0.3) is 0 Å². The summed E-state index contributed by atoms with van der Waals surface area (Å²) in [6.45, 7) is 2.69. The van der Waals surface area contributed by atoms with Gasteiger partial charge >= 0.3 is 27.3 Å². The highest BCUT2D eigenvalue weighted by Gasteiger charge is 2.64. The van der Waals surface area contributed by atoms with Crippen LogP contribution in [0.5, 0.6) is 0 Å². The third-order valence-electron chi connectivity index (χ3n) is 5.32. The first-order valence-corrected chi connectivity index (χ1v) is 10.7. The number of amides is 2. The molecule has 3 aliphatic rings. The summed E-state index contributed by atoms with van der Waals surface area (Å²) < 4.78 is 65.1. The van der Waals surface area contributed by atoms with Gasteiger partial charge in [-0.05, 0) is 25.2 Å². The molecule has 176 valence electrons. The van der Waals surface area contributed by atoms with Crippen molar-refractivity contribution >= 4 is 33.9 Å². The molecule has 1 aliphatic heterocycles. The number of rotatable bonds is 9. The number of hydroxylamine groups is 2. The maximum atomic E-state index is 14.2. The van der Waals surface area contributed by atoms with Gasteiger partial charge in [0.15, 0.2) is 0 Å². The number of fused-ring (bicyclic) bond motifs is 5. The summed E-state index contributed by atoms with van der Waals surface area (Å²) in [4.78, 5) is 47.6. The summed E-state index contributed by atoms with van der Waals surface area (Å²) >= 11 is 0. The van der Waals surface area contributed by atoms with E-state index >= 15 is 0 Å². The smallest absolute Gasteiger partial charge is 0.459 e. The van der Waals surface area contributed by atoms with Crippen LogP contribution in [0, 0.1) is 23.7 Å². The molecule has 0 spiro atoms. The van der Waals surface area contributed by atoms with Crippen molar-refractivity contribution in [1.29, 1.82) is 0 Å². The predicted octanol–water partition coefficient (Wildman–Crippen LogP) is -0.329. The molecule has 2 bridgehead atoms. The van der Waals surface area contributed by atoms with Gasteiger partial charge in [-0.1, -0.05) is 18.7 Å². The minimum Gasteiger partial charge on any atom is -0.459 e. The van der Waals surface area contributed by atoms with E-state index in [1.54, 1.807) is 12.2 Å². The van der Waals surface area contributed by atoms with Crippen molar-refractivity contribution in [3.05, 3.63) is 24.3 Å². The van der Waals surface area contributed by atoms with E-state index in [2.05, 4.69) is 20.3 Å². The van der Waals surface area contributed by atoms with Crippen LogP contribution in [0.3, 0.4) is 0 Å². The molecule has 1 N–H and O–H groups in total. The van der Waals surface area contributed by atoms with E-state index in [9.17, 15) is 41.5 Å². The van der Waals surface area contributed by atoms with Crippen LogP contribution >= 0.6 is 0 Å². The normalized spacial score (nSPS) is 27.4. The molecule has 1 saturated carbocycles. The van der Waals surface area contributed by atoms with E-state index in [0.29, 0.717) is 6.42 Å². The zero-order valence-electron chi connectivity index (χ0n) is 16.6. The molecule has 32 heavy (non-hydrogen) atoms. The number of carbonyl (C=O) groups is 4. The fraction of sp³-hybridized carbons (Fsp3) is 0.556. The van der Waals surface area contributed by atoms with Crippen molar-refractivity contribution in [1.82, 2.24) is 5.06 Å². The Balaban J connectivity index is 1.60. The van der Waals surface area contributed by atoms with Crippen molar-refractivity contribution in [2.24, 2.45) is 23.7 Å². The van der Waals surface area contributed by atoms with Crippen molar-refractivity contribution in [3.8, 4) is 0 Å². The van der Waals surface area contributed by atoms with Crippen LogP contribution in [0.15, 0.2) is 24.3 Å². The number of halogens is 2. The van der Waals surface area contributed by atoms with Crippen LogP contribution in [0.4, 0.5) is 8.78 Å². The number of carbonyl (C=O) groups excluding carboxylic acids is 4. The van der Waals surface area contributed by atoms with Crippen molar-refractivity contribution in [2.75, 3.05) is 13.2 Å². The number of alkyl halides is 2. The first kappa shape index (κ1) is 23.9. The molecule has 2 fully saturated rings. The van der Waals surface area contributed by atoms with Gasteiger partial charge in [0.2, 0.25) is 0 Å². The number of ether oxygens (including phenoxy) is 2. The van der Waals surface area contributed by atoms with E-state index in [4.69, 9.17) is 0 Å². The summed E-state index contributed by atoms with van der Waals surface area (Å²) in [7, 11) is -6.16. The molecule has 3 rings (SSSR count). The molecule has 0 aromatic carbocycles. The van der Waals surface area contributed by atoms with Gasteiger partial charge in [-0.3, -0.25) is 9.59 Å². The number of hydrogen-bond donors (Lipinski definition) is 1. The zero-order valence-corrected chi connectivity index (χ0v) is 17.4.